The number of rotatable bonds is 4. The first-order valence-electron chi connectivity index (χ1n) is 8.14. The maximum Gasteiger partial charge on any atom is 0.275 e. The van der Waals surface area contributed by atoms with Crippen LogP contribution in [0.1, 0.15) is 58.8 Å². The van der Waals surface area contributed by atoms with E-state index in [1.165, 1.54) is 6.42 Å². The van der Waals surface area contributed by atoms with E-state index in [0.717, 1.165) is 25.7 Å². The number of aromatic nitrogens is 2. The summed E-state index contributed by atoms with van der Waals surface area (Å²) in [5.74, 6) is 0.236. The summed E-state index contributed by atoms with van der Waals surface area (Å²) in [5.41, 5.74) is 0.400. The number of pyridine rings is 1. The zero-order valence-corrected chi connectivity index (χ0v) is 13.5. The van der Waals surface area contributed by atoms with Crippen molar-refractivity contribution in [3.63, 3.8) is 0 Å². The highest BCUT2D eigenvalue weighted by Crippen LogP contribution is 2.17. The van der Waals surface area contributed by atoms with Gasteiger partial charge in [0.1, 0.15) is 17.1 Å². The fourth-order valence-electron chi connectivity index (χ4n) is 2.80. The lowest BCUT2D eigenvalue weighted by molar-refractivity contribution is 0.0922. The molecule has 0 aromatic carbocycles. The molecule has 2 aromatic heterocycles. The van der Waals surface area contributed by atoms with Crippen LogP contribution in [0.25, 0.3) is 0 Å². The van der Waals surface area contributed by atoms with E-state index in [-0.39, 0.29) is 23.3 Å². The maximum absolute atomic E-state index is 12.3. The van der Waals surface area contributed by atoms with Crippen LogP contribution >= 0.6 is 0 Å². The molecule has 0 atom stereocenters. The van der Waals surface area contributed by atoms with Gasteiger partial charge in [-0.2, -0.15) is 0 Å². The fraction of sp³-hybridized carbons (Fsp3) is 0.412. The van der Waals surface area contributed by atoms with Crippen LogP contribution in [-0.2, 0) is 0 Å². The van der Waals surface area contributed by atoms with Crippen molar-refractivity contribution in [2.24, 2.45) is 0 Å². The lowest BCUT2D eigenvalue weighted by Gasteiger charge is -2.22. The Kier molecular flexibility index (Phi) is 4.88. The molecule has 126 valence electrons. The van der Waals surface area contributed by atoms with Crippen molar-refractivity contribution in [1.82, 2.24) is 15.5 Å². The van der Waals surface area contributed by atoms with Crippen molar-refractivity contribution in [1.29, 1.82) is 0 Å². The van der Waals surface area contributed by atoms with Crippen molar-refractivity contribution >= 4 is 17.6 Å². The summed E-state index contributed by atoms with van der Waals surface area (Å²) < 4.78 is 4.90. The van der Waals surface area contributed by atoms with Crippen molar-refractivity contribution in [2.75, 3.05) is 5.32 Å². The van der Waals surface area contributed by atoms with Gasteiger partial charge < -0.3 is 15.2 Å². The molecule has 0 saturated heterocycles. The van der Waals surface area contributed by atoms with Gasteiger partial charge >= 0.3 is 0 Å². The number of aryl methyl sites for hydroxylation is 1. The zero-order chi connectivity index (χ0) is 16.9. The molecule has 1 aliphatic carbocycles. The monoisotopic (exact) mass is 328 g/mol. The number of nitrogens with one attached hydrogen (secondary N) is 2. The van der Waals surface area contributed by atoms with Crippen molar-refractivity contribution in [3.05, 3.63) is 41.4 Å². The fourth-order valence-corrected chi connectivity index (χ4v) is 2.80. The van der Waals surface area contributed by atoms with Gasteiger partial charge in [0, 0.05) is 12.1 Å². The summed E-state index contributed by atoms with van der Waals surface area (Å²) >= 11 is 0. The molecule has 3 rings (SSSR count). The van der Waals surface area contributed by atoms with Gasteiger partial charge in [-0.05, 0) is 31.9 Å². The predicted octanol–water partition coefficient (Wildman–Crippen LogP) is 2.69. The minimum Gasteiger partial charge on any atom is -0.360 e. The largest absolute Gasteiger partial charge is 0.360 e. The SMILES string of the molecule is Cc1cc(NC(=O)c2cccc(C(=O)NC3CCCCC3)n2)no1. The van der Waals surface area contributed by atoms with E-state index in [9.17, 15) is 9.59 Å². The smallest absolute Gasteiger partial charge is 0.275 e. The van der Waals surface area contributed by atoms with Crippen LogP contribution in [0.5, 0.6) is 0 Å². The molecule has 0 unspecified atom stereocenters. The van der Waals surface area contributed by atoms with E-state index in [0.29, 0.717) is 11.6 Å². The Morgan fingerprint density at radius 3 is 2.50 bits per heavy atom. The summed E-state index contributed by atoms with van der Waals surface area (Å²) in [5, 5.41) is 9.28. The second-order valence-electron chi connectivity index (χ2n) is 5.99. The van der Waals surface area contributed by atoms with Crippen LogP contribution in [0, 0.1) is 6.92 Å². The van der Waals surface area contributed by atoms with E-state index < -0.39 is 5.91 Å². The molecule has 7 heteroatoms. The first-order chi connectivity index (χ1) is 11.6. The lowest BCUT2D eigenvalue weighted by Crippen LogP contribution is -2.36. The number of carbonyl (C=O) groups is 2. The molecule has 7 nitrogen and oxygen atoms in total. The molecule has 24 heavy (non-hydrogen) atoms. The van der Waals surface area contributed by atoms with Crippen LogP contribution in [0.3, 0.4) is 0 Å². The zero-order valence-electron chi connectivity index (χ0n) is 13.5. The highest BCUT2D eigenvalue weighted by Gasteiger charge is 2.18. The molecule has 2 amide bonds. The lowest BCUT2D eigenvalue weighted by atomic mass is 9.95. The van der Waals surface area contributed by atoms with Crippen LogP contribution < -0.4 is 10.6 Å². The molecular formula is C17H20N4O3. The number of anilines is 1. The van der Waals surface area contributed by atoms with Gasteiger partial charge in [0.2, 0.25) is 0 Å². The summed E-state index contributed by atoms with van der Waals surface area (Å²) in [6.07, 6.45) is 5.49. The van der Waals surface area contributed by atoms with Crippen LogP contribution in [0.4, 0.5) is 5.82 Å². The second-order valence-corrected chi connectivity index (χ2v) is 5.99. The Morgan fingerprint density at radius 2 is 1.83 bits per heavy atom. The predicted molar refractivity (Wildman–Crippen MR) is 87.8 cm³/mol. The third-order valence-corrected chi connectivity index (χ3v) is 4.02. The van der Waals surface area contributed by atoms with E-state index in [1.807, 2.05) is 0 Å². The Hall–Kier alpha value is -2.70. The first kappa shape index (κ1) is 16.2. The Labute approximate surface area is 139 Å². The summed E-state index contributed by atoms with van der Waals surface area (Å²) in [4.78, 5) is 28.7. The van der Waals surface area contributed by atoms with Gasteiger partial charge in [0.15, 0.2) is 5.82 Å². The van der Waals surface area contributed by atoms with E-state index in [4.69, 9.17) is 4.52 Å². The van der Waals surface area contributed by atoms with Gasteiger partial charge in [-0.25, -0.2) is 4.98 Å². The van der Waals surface area contributed by atoms with E-state index >= 15 is 0 Å². The maximum atomic E-state index is 12.3. The minimum atomic E-state index is -0.435. The standard InChI is InChI=1S/C17H20N4O3/c1-11-10-15(21-24-11)20-17(23)14-9-5-8-13(19-14)16(22)18-12-6-3-2-4-7-12/h5,8-10,12H,2-4,6-7H2,1H3,(H,18,22)(H,20,21,23). The molecule has 1 saturated carbocycles. The number of hydrogen-bond acceptors (Lipinski definition) is 5. The van der Waals surface area contributed by atoms with E-state index in [1.54, 1.807) is 31.2 Å². The summed E-state index contributed by atoms with van der Waals surface area (Å²) in [6, 6.07) is 6.61. The quantitative estimate of drug-likeness (QED) is 0.899. The normalized spacial score (nSPS) is 15.0. The number of carbonyl (C=O) groups excluding carboxylic acids is 2. The number of nitrogens with zero attached hydrogens (tertiary/aromatic N) is 2. The van der Waals surface area contributed by atoms with Crippen molar-refractivity contribution in [3.8, 4) is 0 Å². The van der Waals surface area contributed by atoms with Crippen LogP contribution in [0.15, 0.2) is 28.8 Å². The summed E-state index contributed by atoms with van der Waals surface area (Å²) in [6.45, 7) is 1.73. The van der Waals surface area contributed by atoms with Gasteiger partial charge in [0.05, 0.1) is 0 Å². The van der Waals surface area contributed by atoms with Gasteiger partial charge in [0.25, 0.3) is 11.8 Å². The first-order valence-corrected chi connectivity index (χ1v) is 8.14. The Morgan fingerprint density at radius 1 is 1.12 bits per heavy atom. The molecule has 0 spiro atoms. The highest BCUT2D eigenvalue weighted by molar-refractivity contribution is 6.03. The van der Waals surface area contributed by atoms with Gasteiger partial charge in [-0.1, -0.05) is 30.5 Å². The topological polar surface area (TPSA) is 97.1 Å². The second kappa shape index (κ2) is 7.25. The number of amides is 2. The van der Waals surface area contributed by atoms with Gasteiger partial charge in [-0.3, -0.25) is 9.59 Å². The third kappa shape index (κ3) is 3.98. The molecule has 1 aliphatic rings. The van der Waals surface area contributed by atoms with Gasteiger partial charge in [-0.15, -0.1) is 0 Å². The molecule has 0 radical (unpaired) electrons. The van der Waals surface area contributed by atoms with Crippen molar-refractivity contribution in [2.45, 2.75) is 45.1 Å². The average molecular weight is 328 g/mol. The highest BCUT2D eigenvalue weighted by atomic mass is 16.5. The molecular weight excluding hydrogens is 308 g/mol. The Balaban J connectivity index is 1.66. The number of hydrogen-bond donors (Lipinski definition) is 2. The third-order valence-electron chi connectivity index (χ3n) is 4.02. The molecule has 2 heterocycles. The molecule has 2 aromatic rings. The van der Waals surface area contributed by atoms with Crippen LogP contribution in [0.2, 0.25) is 0 Å². The molecule has 2 N–H and O–H groups in total. The average Bonchev–Trinajstić information content (AvgIpc) is 3.00. The molecule has 0 bridgehead atoms. The molecule has 1 fully saturated rings. The summed E-state index contributed by atoms with van der Waals surface area (Å²) in [7, 11) is 0. The van der Waals surface area contributed by atoms with Crippen LogP contribution in [-0.4, -0.2) is 28.0 Å². The van der Waals surface area contributed by atoms with E-state index in [2.05, 4.69) is 20.8 Å². The van der Waals surface area contributed by atoms with Crippen molar-refractivity contribution < 1.29 is 14.1 Å². The molecule has 0 aliphatic heterocycles. The minimum absolute atomic E-state index is 0.159. The Bertz CT molecular complexity index is 735.